The molecule has 198 valence electrons. The number of phenolic OH excluding ortho intramolecular Hbond substituents is 1. The number of ketones is 1. The van der Waals surface area contributed by atoms with Crippen molar-refractivity contribution in [2.45, 2.75) is 85.2 Å². The number of nitrogens with one attached hydrogen (secondary N) is 1. The number of carboxylic acid groups (broad SMARTS) is 1. The molecule has 0 unspecified atom stereocenters. The van der Waals surface area contributed by atoms with Crippen molar-refractivity contribution in [3.63, 3.8) is 0 Å². The molecule has 0 radical (unpaired) electrons. The molecule has 0 fully saturated rings. The molecule has 1 aromatic heterocycles. The maximum Gasteiger partial charge on any atom is 0.335 e. The summed E-state index contributed by atoms with van der Waals surface area (Å²) in [5.74, 6) is -0.869. The van der Waals surface area contributed by atoms with Gasteiger partial charge in [0.25, 0.3) is 0 Å². The summed E-state index contributed by atoms with van der Waals surface area (Å²) in [5, 5.41) is 29.0. The van der Waals surface area contributed by atoms with Gasteiger partial charge >= 0.3 is 5.97 Å². The number of carbonyl (C=O) groups excluding carboxylic acids is 1. The van der Waals surface area contributed by atoms with Gasteiger partial charge in [-0.1, -0.05) is 67.0 Å². The van der Waals surface area contributed by atoms with E-state index in [-0.39, 0.29) is 40.1 Å². The van der Waals surface area contributed by atoms with Crippen LogP contribution in [0.2, 0.25) is 0 Å². The first-order chi connectivity index (χ1) is 17.1. The van der Waals surface area contributed by atoms with Crippen molar-refractivity contribution in [1.29, 1.82) is 5.41 Å². The fourth-order valence-electron chi connectivity index (χ4n) is 4.47. The molecular formula is C30H39N3O4. The Hall–Kier alpha value is -3.61. The van der Waals surface area contributed by atoms with Gasteiger partial charge in [0.1, 0.15) is 5.75 Å². The maximum absolute atomic E-state index is 13.5. The van der Waals surface area contributed by atoms with Crippen LogP contribution in [-0.4, -0.2) is 31.1 Å². The van der Waals surface area contributed by atoms with Gasteiger partial charge in [0.15, 0.2) is 5.78 Å². The van der Waals surface area contributed by atoms with E-state index in [1.165, 1.54) is 0 Å². The molecule has 0 aliphatic rings. The number of carbonyl (C=O) groups is 2. The van der Waals surface area contributed by atoms with Crippen LogP contribution < -0.4 is 5.62 Å². The standard InChI is InChI=1S/C30H39N3O4/c1-8-9-22-17-32(28(31)33(22)16-19-10-12-20(13-11-19)27(36)37)18-25(34)21-14-23(29(2,3)4)26(35)24(15-21)30(5,6)7/h10-15,17,31,35H,8-9,16,18H2,1-7H3,(H,36,37). The summed E-state index contributed by atoms with van der Waals surface area (Å²) in [4.78, 5) is 24.7. The van der Waals surface area contributed by atoms with Gasteiger partial charge in [-0.2, -0.15) is 0 Å². The van der Waals surface area contributed by atoms with Crippen LogP contribution in [0, 0.1) is 5.41 Å². The van der Waals surface area contributed by atoms with Crippen molar-refractivity contribution in [2.24, 2.45) is 0 Å². The predicted octanol–water partition coefficient (Wildman–Crippen LogP) is 5.65. The largest absolute Gasteiger partial charge is 0.507 e. The normalized spacial score (nSPS) is 12.1. The van der Waals surface area contributed by atoms with Crippen LogP contribution in [0.15, 0.2) is 42.6 Å². The van der Waals surface area contributed by atoms with Crippen molar-refractivity contribution in [3.05, 3.63) is 81.7 Å². The number of aromatic hydroxyl groups is 1. The van der Waals surface area contributed by atoms with Crippen molar-refractivity contribution >= 4 is 11.8 Å². The molecule has 0 atom stereocenters. The molecule has 0 aliphatic carbocycles. The lowest BCUT2D eigenvalue weighted by molar-refractivity contribution is 0.0696. The number of aromatic carboxylic acids is 1. The Morgan fingerprint density at radius 1 is 0.919 bits per heavy atom. The summed E-state index contributed by atoms with van der Waals surface area (Å²) in [6.45, 7) is 14.6. The van der Waals surface area contributed by atoms with Gasteiger partial charge in [-0.15, -0.1) is 0 Å². The van der Waals surface area contributed by atoms with Gasteiger partial charge in [0.2, 0.25) is 5.62 Å². The van der Waals surface area contributed by atoms with Crippen LogP contribution >= 0.6 is 0 Å². The number of hydrogen-bond acceptors (Lipinski definition) is 4. The van der Waals surface area contributed by atoms with Crippen LogP contribution in [0.1, 0.15) is 98.0 Å². The summed E-state index contributed by atoms with van der Waals surface area (Å²) in [6, 6.07) is 10.2. The molecule has 3 N–H and O–H groups in total. The maximum atomic E-state index is 13.5. The average Bonchev–Trinajstić information content (AvgIpc) is 3.07. The zero-order chi connectivity index (χ0) is 27.7. The molecule has 0 saturated carbocycles. The number of Topliss-reactive ketones (excluding diaryl/α,β-unsaturated/α-hetero) is 1. The van der Waals surface area contributed by atoms with Gasteiger partial charge < -0.3 is 19.3 Å². The Morgan fingerprint density at radius 3 is 1.92 bits per heavy atom. The summed E-state index contributed by atoms with van der Waals surface area (Å²) >= 11 is 0. The highest BCUT2D eigenvalue weighted by molar-refractivity contribution is 5.96. The Balaban J connectivity index is 1.99. The minimum atomic E-state index is -0.977. The Bertz CT molecular complexity index is 1330. The third-order valence-corrected chi connectivity index (χ3v) is 6.59. The van der Waals surface area contributed by atoms with Crippen molar-refractivity contribution < 1.29 is 19.8 Å². The van der Waals surface area contributed by atoms with Crippen LogP contribution in [0.3, 0.4) is 0 Å². The Morgan fingerprint density at radius 2 is 1.46 bits per heavy atom. The first kappa shape index (κ1) is 28.0. The summed E-state index contributed by atoms with van der Waals surface area (Å²) in [5.41, 5.74) is 3.55. The quantitative estimate of drug-likeness (QED) is 0.344. The monoisotopic (exact) mass is 505 g/mol. The second-order valence-electron chi connectivity index (χ2n) is 11.8. The van der Waals surface area contributed by atoms with Crippen molar-refractivity contribution in [3.8, 4) is 5.75 Å². The predicted molar refractivity (Wildman–Crippen MR) is 145 cm³/mol. The van der Waals surface area contributed by atoms with Crippen molar-refractivity contribution in [2.75, 3.05) is 0 Å². The van der Waals surface area contributed by atoms with E-state index in [4.69, 9.17) is 10.5 Å². The van der Waals surface area contributed by atoms with Gasteiger partial charge in [0.05, 0.1) is 18.7 Å². The molecule has 0 aliphatic heterocycles. The number of aromatic nitrogens is 2. The van der Waals surface area contributed by atoms with E-state index in [2.05, 4.69) is 6.92 Å². The minimum Gasteiger partial charge on any atom is -0.507 e. The number of rotatable bonds is 8. The van der Waals surface area contributed by atoms with E-state index in [1.54, 1.807) is 41.0 Å². The lowest BCUT2D eigenvalue weighted by Gasteiger charge is -2.28. The SMILES string of the molecule is CCCc1cn(CC(=O)c2cc(C(C)(C)C)c(O)c(C(C)(C)C)c2)c(=N)n1Cc1ccc(C(=O)O)cc1. The first-order valence-electron chi connectivity index (χ1n) is 12.7. The second-order valence-corrected chi connectivity index (χ2v) is 11.8. The average molecular weight is 506 g/mol. The third-order valence-electron chi connectivity index (χ3n) is 6.59. The number of nitrogens with zero attached hydrogens (tertiary/aromatic N) is 2. The lowest BCUT2D eigenvalue weighted by Crippen LogP contribution is -2.28. The molecule has 0 bridgehead atoms. The van der Waals surface area contributed by atoms with E-state index in [9.17, 15) is 14.7 Å². The third kappa shape index (κ3) is 6.21. The molecule has 7 nitrogen and oxygen atoms in total. The number of aryl methyl sites for hydroxylation is 1. The summed E-state index contributed by atoms with van der Waals surface area (Å²) < 4.78 is 3.53. The molecule has 0 saturated heterocycles. The van der Waals surface area contributed by atoms with Crippen LogP contribution in [0.4, 0.5) is 0 Å². The fourth-order valence-corrected chi connectivity index (χ4v) is 4.47. The van der Waals surface area contributed by atoms with Gasteiger partial charge in [-0.05, 0) is 47.1 Å². The summed E-state index contributed by atoms with van der Waals surface area (Å²) in [6.07, 6.45) is 3.50. The zero-order valence-corrected chi connectivity index (χ0v) is 23.0. The molecule has 3 rings (SSSR count). The molecule has 3 aromatic rings. The van der Waals surface area contributed by atoms with Gasteiger partial charge in [-0.3, -0.25) is 10.2 Å². The molecule has 37 heavy (non-hydrogen) atoms. The van der Waals surface area contributed by atoms with E-state index >= 15 is 0 Å². The second kappa shape index (κ2) is 10.4. The molecule has 0 amide bonds. The van der Waals surface area contributed by atoms with Crippen LogP contribution in [-0.2, 0) is 30.3 Å². The number of benzene rings is 2. The molecule has 0 spiro atoms. The highest BCUT2D eigenvalue weighted by atomic mass is 16.4. The van der Waals surface area contributed by atoms with E-state index < -0.39 is 5.97 Å². The smallest absolute Gasteiger partial charge is 0.335 e. The zero-order valence-electron chi connectivity index (χ0n) is 23.0. The van der Waals surface area contributed by atoms with Crippen molar-refractivity contribution in [1.82, 2.24) is 9.13 Å². The fraction of sp³-hybridized carbons (Fsp3) is 0.433. The van der Waals surface area contributed by atoms with Gasteiger partial charge in [-0.25, -0.2) is 4.79 Å². The highest BCUT2D eigenvalue weighted by Crippen LogP contribution is 2.39. The number of imidazole rings is 1. The molecule has 1 heterocycles. The van der Waals surface area contributed by atoms with Gasteiger partial charge in [0, 0.05) is 28.6 Å². The highest BCUT2D eigenvalue weighted by Gasteiger charge is 2.28. The van der Waals surface area contributed by atoms with E-state index in [1.807, 2.05) is 52.3 Å². The number of carboxylic acids is 1. The first-order valence-corrected chi connectivity index (χ1v) is 12.7. The number of hydrogen-bond donors (Lipinski definition) is 3. The van der Waals surface area contributed by atoms with Crippen LogP contribution in [0.5, 0.6) is 5.75 Å². The molecular weight excluding hydrogens is 466 g/mol. The van der Waals surface area contributed by atoms with E-state index in [0.717, 1.165) is 35.2 Å². The topological polar surface area (TPSA) is 108 Å². The Labute approximate surface area is 218 Å². The van der Waals surface area contributed by atoms with Crippen LogP contribution in [0.25, 0.3) is 0 Å². The lowest BCUT2D eigenvalue weighted by atomic mass is 9.78. The van der Waals surface area contributed by atoms with E-state index in [0.29, 0.717) is 12.1 Å². The molecule has 2 aromatic carbocycles. The summed E-state index contributed by atoms with van der Waals surface area (Å²) in [7, 11) is 0. The Kier molecular flexibility index (Phi) is 7.86. The minimum absolute atomic E-state index is 0.0123. The molecule has 7 heteroatoms. The number of phenols is 1.